The van der Waals surface area contributed by atoms with Gasteiger partial charge in [-0.05, 0) is 55.2 Å². The Kier molecular flexibility index (Phi) is 5.97. The predicted octanol–water partition coefficient (Wildman–Crippen LogP) is 4.47. The molecule has 1 aliphatic carbocycles. The fourth-order valence-electron chi connectivity index (χ4n) is 3.73. The van der Waals surface area contributed by atoms with Gasteiger partial charge in [-0.1, -0.05) is 39.3 Å². The van der Waals surface area contributed by atoms with E-state index >= 15 is 0 Å². The summed E-state index contributed by atoms with van der Waals surface area (Å²) >= 11 is 0. The van der Waals surface area contributed by atoms with Crippen LogP contribution in [0, 0.1) is 23.7 Å². The topological polar surface area (TPSA) is 46.2 Å². The molecule has 0 bridgehead atoms. The Labute approximate surface area is 139 Å². The molecular weight excluding hydrogens is 286 g/mol. The fraction of sp³-hybridized carbons (Fsp3) is 0.600. The van der Waals surface area contributed by atoms with Gasteiger partial charge in [0, 0.05) is 18.0 Å². The van der Waals surface area contributed by atoms with E-state index in [0.29, 0.717) is 24.2 Å². The minimum absolute atomic E-state index is 0.107. The average molecular weight is 315 g/mol. The molecule has 1 fully saturated rings. The number of Topliss-reactive ketones (excluding diaryl/α,β-unsaturated/α-hetero) is 1. The molecule has 1 amide bonds. The standard InChI is InChI=1S/C20H29NO2/c1-13(2)18-10-5-14(3)11-19(18)20(23)21-17-8-6-16(7-9-17)12-15(4)22/h6-9,13-14,18-19H,5,10-12H2,1-4H3,(H,21,23). The Balaban J connectivity index is 2.03. The number of amides is 1. The second-order valence-corrected chi connectivity index (χ2v) is 7.50. The summed E-state index contributed by atoms with van der Waals surface area (Å²) in [5.74, 6) is 2.04. The molecule has 0 aromatic heterocycles. The van der Waals surface area contributed by atoms with Crippen molar-refractivity contribution in [2.45, 2.75) is 53.4 Å². The van der Waals surface area contributed by atoms with E-state index in [1.54, 1.807) is 6.92 Å². The van der Waals surface area contributed by atoms with E-state index in [4.69, 9.17) is 0 Å². The second kappa shape index (κ2) is 7.76. The molecule has 0 aliphatic heterocycles. The van der Waals surface area contributed by atoms with Gasteiger partial charge in [-0.15, -0.1) is 0 Å². The van der Waals surface area contributed by atoms with Crippen molar-refractivity contribution in [3.05, 3.63) is 29.8 Å². The normalized spacial score (nSPS) is 24.5. The Hall–Kier alpha value is -1.64. The minimum Gasteiger partial charge on any atom is -0.326 e. The zero-order valence-corrected chi connectivity index (χ0v) is 14.8. The second-order valence-electron chi connectivity index (χ2n) is 7.50. The minimum atomic E-state index is 0.107. The molecule has 0 spiro atoms. The summed E-state index contributed by atoms with van der Waals surface area (Å²) < 4.78 is 0. The lowest BCUT2D eigenvalue weighted by Crippen LogP contribution is -2.36. The van der Waals surface area contributed by atoms with E-state index in [2.05, 4.69) is 26.1 Å². The maximum Gasteiger partial charge on any atom is 0.227 e. The van der Waals surface area contributed by atoms with Crippen molar-refractivity contribution in [3.63, 3.8) is 0 Å². The van der Waals surface area contributed by atoms with E-state index < -0.39 is 0 Å². The molecule has 1 saturated carbocycles. The largest absolute Gasteiger partial charge is 0.326 e. The number of benzene rings is 1. The first-order valence-electron chi connectivity index (χ1n) is 8.76. The van der Waals surface area contributed by atoms with Gasteiger partial charge in [-0.3, -0.25) is 9.59 Å². The molecule has 126 valence electrons. The quantitative estimate of drug-likeness (QED) is 0.871. The molecule has 1 aromatic carbocycles. The number of rotatable bonds is 5. The highest BCUT2D eigenvalue weighted by Crippen LogP contribution is 2.38. The maximum atomic E-state index is 12.7. The fourth-order valence-corrected chi connectivity index (χ4v) is 3.73. The van der Waals surface area contributed by atoms with Crippen molar-refractivity contribution in [1.82, 2.24) is 0 Å². The van der Waals surface area contributed by atoms with Crippen molar-refractivity contribution in [2.75, 3.05) is 5.32 Å². The third-order valence-electron chi connectivity index (χ3n) is 5.03. The van der Waals surface area contributed by atoms with Crippen LogP contribution in [-0.4, -0.2) is 11.7 Å². The van der Waals surface area contributed by atoms with Gasteiger partial charge >= 0.3 is 0 Å². The van der Waals surface area contributed by atoms with Crippen molar-refractivity contribution >= 4 is 17.4 Å². The van der Waals surface area contributed by atoms with Crippen LogP contribution in [0.1, 0.15) is 52.5 Å². The number of ketones is 1. The van der Waals surface area contributed by atoms with Crippen LogP contribution >= 0.6 is 0 Å². The van der Waals surface area contributed by atoms with Gasteiger partial charge in [0.25, 0.3) is 0 Å². The van der Waals surface area contributed by atoms with Crippen LogP contribution in [0.15, 0.2) is 24.3 Å². The lowest BCUT2D eigenvalue weighted by Gasteiger charge is -2.36. The number of carbonyl (C=O) groups excluding carboxylic acids is 2. The Morgan fingerprint density at radius 2 is 1.83 bits per heavy atom. The lowest BCUT2D eigenvalue weighted by atomic mass is 9.70. The van der Waals surface area contributed by atoms with Crippen molar-refractivity contribution in [3.8, 4) is 0 Å². The number of anilines is 1. The molecule has 2 rings (SSSR count). The first-order chi connectivity index (χ1) is 10.9. The smallest absolute Gasteiger partial charge is 0.227 e. The van der Waals surface area contributed by atoms with E-state index in [-0.39, 0.29) is 17.6 Å². The molecule has 0 saturated heterocycles. The first kappa shape index (κ1) is 17.7. The van der Waals surface area contributed by atoms with Gasteiger partial charge in [0.1, 0.15) is 5.78 Å². The third kappa shape index (κ3) is 4.92. The van der Waals surface area contributed by atoms with Crippen LogP contribution < -0.4 is 5.32 Å². The van der Waals surface area contributed by atoms with Crippen molar-refractivity contribution < 1.29 is 9.59 Å². The van der Waals surface area contributed by atoms with Gasteiger partial charge in [0.2, 0.25) is 5.91 Å². The maximum absolute atomic E-state index is 12.7. The molecule has 1 aromatic rings. The highest BCUT2D eigenvalue weighted by atomic mass is 16.2. The molecule has 0 heterocycles. The Morgan fingerprint density at radius 3 is 2.39 bits per heavy atom. The zero-order chi connectivity index (χ0) is 17.0. The predicted molar refractivity (Wildman–Crippen MR) is 94.3 cm³/mol. The van der Waals surface area contributed by atoms with E-state index in [9.17, 15) is 9.59 Å². The van der Waals surface area contributed by atoms with Gasteiger partial charge in [0.05, 0.1) is 0 Å². The molecule has 3 heteroatoms. The summed E-state index contributed by atoms with van der Waals surface area (Å²) in [5.41, 5.74) is 1.81. The average Bonchev–Trinajstić information content (AvgIpc) is 2.48. The van der Waals surface area contributed by atoms with Gasteiger partial charge in [-0.25, -0.2) is 0 Å². The monoisotopic (exact) mass is 315 g/mol. The molecule has 1 aliphatic rings. The van der Waals surface area contributed by atoms with E-state index in [0.717, 1.165) is 24.1 Å². The number of carbonyl (C=O) groups is 2. The first-order valence-corrected chi connectivity index (χ1v) is 8.76. The Morgan fingerprint density at radius 1 is 1.17 bits per heavy atom. The van der Waals surface area contributed by atoms with Crippen LogP contribution in [-0.2, 0) is 16.0 Å². The number of nitrogens with one attached hydrogen (secondary N) is 1. The van der Waals surface area contributed by atoms with Gasteiger partial charge in [-0.2, -0.15) is 0 Å². The summed E-state index contributed by atoms with van der Waals surface area (Å²) in [6, 6.07) is 7.63. The summed E-state index contributed by atoms with van der Waals surface area (Å²) in [7, 11) is 0. The van der Waals surface area contributed by atoms with Crippen LogP contribution in [0.5, 0.6) is 0 Å². The highest BCUT2D eigenvalue weighted by molar-refractivity contribution is 5.93. The Bertz CT molecular complexity index is 547. The molecule has 3 atom stereocenters. The molecule has 3 unspecified atom stereocenters. The summed E-state index contributed by atoms with van der Waals surface area (Å²) in [4.78, 5) is 23.9. The number of hydrogen-bond donors (Lipinski definition) is 1. The van der Waals surface area contributed by atoms with Crippen molar-refractivity contribution in [2.24, 2.45) is 23.7 Å². The molecule has 1 N–H and O–H groups in total. The third-order valence-corrected chi connectivity index (χ3v) is 5.03. The summed E-state index contributed by atoms with van der Waals surface area (Å²) in [5, 5.41) is 3.07. The molecule has 3 nitrogen and oxygen atoms in total. The van der Waals surface area contributed by atoms with Gasteiger partial charge in [0.15, 0.2) is 0 Å². The van der Waals surface area contributed by atoms with Crippen LogP contribution in [0.2, 0.25) is 0 Å². The zero-order valence-electron chi connectivity index (χ0n) is 14.8. The lowest BCUT2D eigenvalue weighted by molar-refractivity contribution is -0.124. The highest BCUT2D eigenvalue weighted by Gasteiger charge is 2.35. The van der Waals surface area contributed by atoms with Gasteiger partial charge < -0.3 is 5.32 Å². The summed E-state index contributed by atoms with van der Waals surface area (Å²) in [6.07, 6.45) is 3.81. The molecular formula is C20H29NO2. The molecule has 23 heavy (non-hydrogen) atoms. The van der Waals surface area contributed by atoms with Crippen LogP contribution in [0.25, 0.3) is 0 Å². The van der Waals surface area contributed by atoms with Crippen LogP contribution in [0.3, 0.4) is 0 Å². The SMILES string of the molecule is CC(=O)Cc1ccc(NC(=O)C2CC(C)CCC2C(C)C)cc1. The summed E-state index contributed by atoms with van der Waals surface area (Å²) in [6.45, 7) is 8.27. The van der Waals surface area contributed by atoms with Crippen LogP contribution in [0.4, 0.5) is 5.69 Å². The van der Waals surface area contributed by atoms with Crippen molar-refractivity contribution in [1.29, 1.82) is 0 Å². The van der Waals surface area contributed by atoms with E-state index in [1.807, 2.05) is 24.3 Å². The van der Waals surface area contributed by atoms with E-state index in [1.165, 1.54) is 6.42 Å². The number of hydrogen-bond acceptors (Lipinski definition) is 2. The molecule has 0 radical (unpaired) electrons.